The predicted molar refractivity (Wildman–Crippen MR) is 54.1 cm³/mol. The van der Waals surface area contributed by atoms with Crippen LogP contribution in [0.15, 0.2) is 5.18 Å². The zero-order valence-electron chi connectivity index (χ0n) is 8.63. The normalized spacial score (nSPS) is 43.4. The van der Waals surface area contributed by atoms with E-state index in [9.17, 15) is 4.91 Å². The maximum absolute atomic E-state index is 10.2. The van der Waals surface area contributed by atoms with E-state index in [1.807, 2.05) is 0 Å². The summed E-state index contributed by atoms with van der Waals surface area (Å²) in [6.07, 6.45) is 7.47. The molecule has 0 heterocycles. The molecule has 2 nitrogen and oxygen atoms in total. The van der Waals surface area contributed by atoms with Gasteiger partial charge >= 0.3 is 0 Å². The summed E-state index contributed by atoms with van der Waals surface area (Å²) in [5.41, 5.74) is 0.0730. The van der Waals surface area contributed by atoms with Crippen molar-refractivity contribution in [1.82, 2.24) is 0 Å². The SMILES string of the molecule is C#CC1(CC)C[C@@](C)(CN=O)C1C. The quantitative estimate of drug-likeness (QED) is 0.484. The monoisotopic (exact) mass is 179 g/mol. The van der Waals surface area contributed by atoms with Crippen LogP contribution in [0, 0.1) is 34.0 Å². The van der Waals surface area contributed by atoms with Gasteiger partial charge < -0.3 is 0 Å². The fourth-order valence-electron chi connectivity index (χ4n) is 2.61. The van der Waals surface area contributed by atoms with E-state index in [0.29, 0.717) is 12.5 Å². The third kappa shape index (κ3) is 1.27. The number of hydrogen-bond donors (Lipinski definition) is 0. The van der Waals surface area contributed by atoms with E-state index in [4.69, 9.17) is 6.42 Å². The summed E-state index contributed by atoms with van der Waals surface area (Å²) >= 11 is 0. The molecule has 0 N–H and O–H groups in total. The molecule has 0 spiro atoms. The average molecular weight is 179 g/mol. The molecule has 0 aromatic carbocycles. The van der Waals surface area contributed by atoms with Gasteiger partial charge in [0.25, 0.3) is 0 Å². The van der Waals surface area contributed by atoms with Gasteiger partial charge in [0, 0.05) is 5.41 Å². The van der Waals surface area contributed by atoms with Gasteiger partial charge in [0.05, 0.1) is 6.54 Å². The van der Waals surface area contributed by atoms with Gasteiger partial charge in [0.2, 0.25) is 0 Å². The highest BCUT2D eigenvalue weighted by Crippen LogP contribution is 2.60. The Balaban J connectivity index is 2.75. The number of terminal acetylenes is 1. The van der Waals surface area contributed by atoms with Crippen LogP contribution in [0.5, 0.6) is 0 Å². The van der Waals surface area contributed by atoms with Gasteiger partial charge in [-0.15, -0.1) is 6.42 Å². The molecule has 0 saturated heterocycles. The zero-order valence-corrected chi connectivity index (χ0v) is 8.63. The second-order valence-electron chi connectivity index (χ2n) is 4.49. The minimum Gasteiger partial charge on any atom is -0.151 e. The maximum atomic E-state index is 10.2. The molecular formula is C11H17NO. The largest absolute Gasteiger partial charge is 0.151 e. The summed E-state index contributed by atoms with van der Waals surface area (Å²) in [4.78, 5) is 10.2. The van der Waals surface area contributed by atoms with E-state index in [0.717, 1.165) is 12.8 Å². The molecular weight excluding hydrogens is 162 g/mol. The minimum absolute atomic E-state index is 0.0272. The highest BCUT2D eigenvalue weighted by atomic mass is 16.3. The Kier molecular flexibility index (Phi) is 2.47. The van der Waals surface area contributed by atoms with Gasteiger partial charge in [0.15, 0.2) is 0 Å². The van der Waals surface area contributed by atoms with Gasteiger partial charge in [-0.1, -0.05) is 31.9 Å². The summed E-state index contributed by atoms with van der Waals surface area (Å²) < 4.78 is 0. The molecule has 1 rings (SSSR count). The van der Waals surface area contributed by atoms with Crippen LogP contribution in [0.4, 0.5) is 0 Å². The minimum atomic E-state index is 0.0272. The van der Waals surface area contributed by atoms with Crippen molar-refractivity contribution in [2.75, 3.05) is 6.54 Å². The fraction of sp³-hybridized carbons (Fsp3) is 0.818. The smallest absolute Gasteiger partial charge is 0.0868 e. The van der Waals surface area contributed by atoms with Crippen LogP contribution in [0.3, 0.4) is 0 Å². The van der Waals surface area contributed by atoms with Crippen molar-refractivity contribution in [3.8, 4) is 12.3 Å². The van der Waals surface area contributed by atoms with Gasteiger partial charge in [0.1, 0.15) is 0 Å². The molecule has 1 fully saturated rings. The third-order valence-electron chi connectivity index (χ3n) is 3.94. The molecule has 0 bridgehead atoms. The molecule has 2 heteroatoms. The Morgan fingerprint density at radius 3 is 2.62 bits per heavy atom. The first-order chi connectivity index (χ1) is 6.04. The van der Waals surface area contributed by atoms with Gasteiger partial charge in [-0.2, -0.15) is 4.91 Å². The van der Waals surface area contributed by atoms with Crippen molar-refractivity contribution >= 4 is 0 Å². The summed E-state index contributed by atoms with van der Waals surface area (Å²) in [5, 5.41) is 3.00. The topological polar surface area (TPSA) is 29.4 Å². The number of nitroso groups, excluding NO2 is 1. The molecule has 0 aromatic rings. The highest BCUT2D eigenvalue weighted by molar-refractivity contribution is 5.19. The van der Waals surface area contributed by atoms with Gasteiger partial charge in [-0.25, -0.2) is 0 Å². The van der Waals surface area contributed by atoms with E-state index < -0.39 is 0 Å². The zero-order chi connectivity index (χ0) is 10.1. The second kappa shape index (κ2) is 3.14. The standard InChI is InChI=1S/C11H17NO/c1-5-11(6-2)7-10(4,8-12-13)9(11)3/h1,9H,6-8H2,2-4H3/t9?,10-,11?/m0/s1. The van der Waals surface area contributed by atoms with E-state index in [1.165, 1.54) is 0 Å². The molecule has 1 aliphatic carbocycles. The first kappa shape index (κ1) is 10.2. The van der Waals surface area contributed by atoms with Crippen molar-refractivity contribution in [3.05, 3.63) is 4.91 Å². The Bertz CT molecular complexity index is 255. The van der Waals surface area contributed by atoms with Crippen LogP contribution in [-0.2, 0) is 0 Å². The van der Waals surface area contributed by atoms with Crippen LogP contribution >= 0.6 is 0 Å². The molecule has 1 aliphatic rings. The van der Waals surface area contributed by atoms with Gasteiger partial charge in [-0.3, -0.25) is 0 Å². The second-order valence-corrected chi connectivity index (χ2v) is 4.49. The molecule has 1 saturated carbocycles. The summed E-state index contributed by atoms with van der Waals surface area (Å²) in [6.45, 7) is 6.75. The van der Waals surface area contributed by atoms with Crippen molar-refractivity contribution in [2.45, 2.75) is 33.6 Å². The third-order valence-corrected chi connectivity index (χ3v) is 3.94. The summed E-state index contributed by atoms with van der Waals surface area (Å²) in [6, 6.07) is 0. The molecule has 3 atom stereocenters. The Labute approximate surface area is 80.1 Å². The van der Waals surface area contributed by atoms with Crippen LogP contribution in [-0.4, -0.2) is 6.54 Å². The Hall–Kier alpha value is -0.840. The van der Waals surface area contributed by atoms with Crippen molar-refractivity contribution in [3.63, 3.8) is 0 Å². The molecule has 13 heavy (non-hydrogen) atoms. The van der Waals surface area contributed by atoms with Crippen LogP contribution < -0.4 is 0 Å². The lowest BCUT2D eigenvalue weighted by Crippen LogP contribution is -2.54. The van der Waals surface area contributed by atoms with E-state index in [-0.39, 0.29) is 10.8 Å². The average Bonchev–Trinajstić information content (AvgIpc) is 2.14. The first-order valence-electron chi connectivity index (χ1n) is 4.81. The molecule has 72 valence electrons. The lowest BCUT2D eigenvalue weighted by molar-refractivity contribution is -0.0601. The number of hydrogen-bond acceptors (Lipinski definition) is 2. The van der Waals surface area contributed by atoms with Crippen LogP contribution in [0.1, 0.15) is 33.6 Å². The Morgan fingerprint density at radius 1 is 1.69 bits per heavy atom. The molecule has 0 aliphatic heterocycles. The van der Waals surface area contributed by atoms with E-state index >= 15 is 0 Å². The van der Waals surface area contributed by atoms with Crippen LogP contribution in [0.2, 0.25) is 0 Å². The fourth-order valence-corrected chi connectivity index (χ4v) is 2.61. The molecule has 0 aromatic heterocycles. The van der Waals surface area contributed by atoms with Crippen molar-refractivity contribution < 1.29 is 0 Å². The van der Waals surface area contributed by atoms with E-state index in [2.05, 4.69) is 31.9 Å². The van der Waals surface area contributed by atoms with Crippen LogP contribution in [0.25, 0.3) is 0 Å². The number of nitrogens with zero attached hydrogens (tertiary/aromatic N) is 1. The van der Waals surface area contributed by atoms with E-state index in [1.54, 1.807) is 0 Å². The highest BCUT2D eigenvalue weighted by Gasteiger charge is 2.56. The van der Waals surface area contributed by atoms with Gasteiger partial charge in [-0.05, 0) is 24.2 Å². The molecule has 0 amide bonds. The Morgan fingerprint density at radius 2 is 2.31 bits per heavy atom. The summed E-state index contributed by atoms with van der Waals surface area (Å²) in [5.74, 6) is 3.29. The predicted octanol–water partition coefficient (Wildman–Crippen LogP) is 2.83. The lowest BCUT2D eigenvalue weighted by atomic mass is 9.46. The molecule has 2 unspecified atom stereocenters. The first-order valence-corrected chi connectivity index (χ1v) is 4.81. The molecule has 0 radical (unpaired) electrons. The number of rotatable bonds is 3. The summed E-state index contributed by atoms with van der Waals surface area (Å²) in [7, 11) is 0. The lowest BCUT2D eigenvalue weighted by Gasteiger charge is -2.57. The van der Waals surface area contributed by atoms with Crippen molar-refractivity contribution in [1.29, 1.82) is 0 Å². The van der Waals surface area contributed by atoms with Crippen molar-refractivity contribution in [2.24, 2.45) is 21.9 Å². The maximum Gasteiger partial charge on any atom is 0.0868 e.